The minimum absolute atomic E-state index is 0.112. The SMILES string of the molecule is Cc1nn(-c2ccc(F)cc2F)c(C)c1CC(=O)NCCc1nnc2ccccn12. The molecule has 154 valence electrons. The van der Waals surface area contributed by atoms with Crippen molar-refractivity contribution in [3.8, 4) is 5.69 Å². The van der Waals surface area contributed by atoms with Crippen molar-refractivity contribution in [1.82, 2.24) is 29.7 Å². The number of hydrogen-bond donors (Lipinski definition) is 1. The standard InChI is InChI=1S/C21H20F2N6O/c1-13-16(14(2)29(27-13)18-7-6-15(22)11-17(18)23)12-21(30)24-9-8-20-26-25-19-5-3-4-10-28(19)20/h3-7,10-11H,8-9,12H2,1-2H3,(H,24,30). The Balaban J connectivity index is 1.42. The summed E-state index contributed by atoms with van der Waals surface area (Å²) in [5.41, 5.74) is 2.86. The van der Waals surface area contributed by atoms with Gasteiger partial charge in [-0.1, -0.05) is 6.07 Å². The predicted octanol–water partition coefficient (Wildman–Crippen LogP) is 2.71. The summed E-state index contributed by atoms with van der Waals surface area (Å²) in [5, 5.41) is 15.4. The van der Waals surface area contributed by atoms with Crippen molar-refractivity contribution < 1.29 is 13.6 Å². The summed E-state index contributed by atoms with van der Waals surface area (Å²) >= 11 is 0. The number of halogens is 2. The highest BCUT2D eigenvalue weighted by molar-refractivity contribution is 5.79. The molecule has 4 rings (SSSR count). The van der Waals surface area contributed by atoms with Gasteiger partial charge in [0.05, 0.1) is 12.1 Å². The maximum Gasteiger partial charge on any atom is 0.224 e. The molecule has 0 aliphatic rings. The zero-order chi connectivity index (χ0) is 21.3. The minimum Gasteiger partial charge on any atom is -0.355 e. The topological polar surface area (TPSA) is 77.1 Å². The summed E-state index contributed by atoms with van der Waals surface area (Å²) in [4.78, 5) is 12.5. The summed E-state index contributed by atoms with van der Waals surface area (Å²) < 4.78 is 30.6. The van der Waals surface area contributed by atoms with Crippen molar-refractivity contribution in [2.75, 3.05) is 6.54 Å². The third-order valence-corrected chi connectivity index (χ3v) is 4.97. The number of benzene rings is 1. The average Bonchev–Trinajstić information content (AvgIpc) is 3.24. The molecular formula is C21H20F2N6O. The molecule has 0 saturated heterocycles. The van der Waals surface area contributed by atoms with Crippen LogP contribution in [0.5, 0.6) is 0 Å². The van der Waals surface area contributed by atoms with Gasteiger partial charge < -0.3 is 5.32 Å². The summed E-state index contributed by atoms with van der Waals surface area (Å²) in [6.45, 7) is 3.93. The van der Waals surface area contributed by atoms with Crippen LogP contribution in [0.25, 0.3) is 11.3 Å². The van der Waals surface area contributed by atoms with Crippen molar-refractivity contribution in [3.63, 3.8) is 0 Å². The molecule has 4 aromatic rings. The minimum atomic E-state index is -0.711. The predicted molar refractivity (Wildman–Crippen MR) is 106 cm³/mol. The van der Waals surface area contributed by atoms with Gasteiger partial charge in [-0.15, -0.1) is 10.2 Å². The third-order valence-electron chi connectivity index (χ3n) is 4.97. The van der Waals surface area contributed by atoms with E-state index in [-0.39, 0.29) is 18.0 Å². The lowest BCUT2D eigenvalue weighted by Gasteiger charge is -2.07. The molecule has 7 nitrogen and oxygen atoms in total. The lowest BCUT2D eigenvalue weighted by Crippen LogP contribution is -2.28. The number of carbonyl (C=O) groups is 1. The lowest BCUT2D eigenvalue weighted by atomic mass is 10.1. The molecule has 0 aliphatic carbocycles. The van der Waals surface area contributed by atoms with Gasteiger partial charge in [-0.2, -0.15) is 5.10 Å². The Bertz CT molecular complexity index is 1230. The second kappa shape index (κ2) is 8.02. The van der Waals surface area contributed by atoms with Crippen LogP contribution in [0.4, 0.5) is 8.78 Å². The molecular weight excluding hydrogens is 390 g/mol. The van der Waals surface area contributed by atoms with Crippen LogP contribution in [0.15, 0.2) is 42.6 Å². The van der Waals surface area contributed by atoms with E-state index < -0.39 is 11.6 Å². The molecule has 0 fully saturated rings. The Labute approximate surface area is 171 Å². The van der Waals surface area contributed by atoms with Gasteiger partial charge in [0.25, 0.3) is 0 Å². The van der Waals surface area contributed by atoms with Crippen molar-refractivity contribution >= 4 is 11.6 Å². The highest BCUT2D eigenvalue weighted by Gasteiger charge is 2.18. The summed E-state index contributed by atoms with van der Waals surface area (Å²) in [6, 6.07) is 8.96. The third kappa shape index (κ3) is 3.78. The average molecular weight is 410 g/mol. The lowest BCUT2D eigenvalue weighted by molar-refractivity contribution is -0.120. The van der Waals surface area contributed by atoms with Gasteiger partial charge in [0.15, 0.2) is 11.5 Å². The van der Waals surface area contributed by atoms with E-state index in [1.165, 1.54) is 16.8 Å². The molecule has 1 aromatic carbocycles. The molecule has 0 atom stereocenters. The van der Waals surface area contributed by atoms with Crippen molar-refractivity contribution in [1.29, 1.82) is 0 Å². The Morgan fingerprint density at radius 3 is 2.77 bits per heavy atom. The molecule has 1 N–H and O–H groups in total. The van der Waals surface area contributed by atoms with Crippen LogP contribution in [0.2, 0.25) is 0 Å². The van der Waals surface area contributed by atoms with Crippen LogP contribution in [0, 0.1) is 25.5 Å². The Morgan fingerprint density at radius 1 is 1.13 bits per heavy atom. The summed E-state index contributed by atoms with van der Waals surface area (Å²) in [7, 11) is 0. The Kier molecular flexibility index (Phi) is 5.26. The van der Waals surface area contributed by atoms with Crippen molar-refractivity contribution in [2.45, 2.75) is 26.7 Å². The smallest absolute Gasteiger partial charge is 0.224 e. The molecule has 0 unspecified atom stereocenters. The fourth-order valence-electron chi connectivity index (χ4n) is 3.42. The Hall–Kier alpha value is -3.62. The first kappa shape index (κ1) is 19.7. The first-order valence-corrected chi connectivity index (χ1v) is 9.50. The monoisotopic (exact) mass is 410 g/mol. The molecule has 9 heteroatoms. The molecule has 0 spiro atoms. The maximum absolute atomic E-state index is 14.1. The van der Waals surface area contributed by atoms with Crippen molar-refractivity contribution in [2.24, 2.45) is 0 Å². The number of aryl methyl sites for hydroxylation is 1. The first-order valence-electron chi connectivity index (χ1n) is 9.50. The van der Waals surface area contributed by atoms with Crippen LogP contribution in [-0.2, 0) is 17.6 Å². The maximum atomic E-state index is 14.1. The van der Waals surface area contributed by atoms with E-state index in [0.717, 1.165) is 17.5 Å². The number of hydrogen-bond acceptors (Lipinski definition) is 4. The molecule has 0 bridgehead atoms. The van der Waals surface area contributed by atoms with E-state index in [2.05, 4.69) is 20.6 Å². The fourth-order valence-corrected chi connectivity index (χ4v) is 3.42. The molecule has 3 heterocycles. The summed E-state index contributed by atoms with van der Waals surface area (Å²) in [6.07, 6.45) is 2.53. The van der Waals surface area contributed by atoms with Gasteiger partial charge in [0.1, 0.15) is 17.3 Å². The van der Waals surface area contributed by atoms with E-state index in [4.69, 9.17) is 0 Å². The highest BCUT2D eigenvalue weighted by Crippen LogP contribution is 2.21. The first-order chi connectivity index (χ1) is 14.4. The number of fused-ring (bicyclic) bond motifs is 1. The number of pyridine rings is 1. The van der Waals surface area contributed by atoms with E-state index in [9.17, 15) is 13.6 Å². The molecule has 1 amide bonds. The normalized spacial score (nSPS) is 11.2. The van der Waals surface area contributed by atoms with Crippen LogP contribution < -0.4 is 5.32 Å². The van der Waals surface area contributed by atoms with Crippen LogP contribution in [-0.4, -0.2) is 36.8 Å². The van der Waals surface area contributed by atoms with E-state index in [1.807, 2.05) is 28.8 Å². The highest BCUT2D eigenvalue weighted by atomic mass is 19.1. The molecule has 0 radical (unpaired) electrons. The number of carbonyl (C=O) groups excluding carboxylic acids is 1. The number of rotatable bonds is 6. The number of aromatic nitrogens is 5. The summed E-state index contributed by atoms with van der Waals surface area (Å²) in [5.74, 6) is -0.776. The van der Waals surface area contributed by atoms with E-state index in [0.29, 0.717) is 29.9 Å². The zero-order valence-electron chi connectivity index (χ0n) is 16.6. The number of nitrogens with one attached hydrogen (secondary N) is 1. The van der Waals surface area contributed by atoms with Gasteiger partial charge in [-0.25, -0.2) is 13.5 Å². The Morgan fingerprint density at radius 2 is 1.97 bits per heavy atom. The second-order valence-electron chi connectivity index (χ2n) is 6.98. The largest absolute Gasteiger partial charge is 0.355 e. The van der Waals surface area contributed by atoms with Crippen molar-refractivity contribution in [3.05, 3.63) is 77.0 Å². The number of amides is 1. The van der Waals surface area contributed by atoms with E-state index in [1.54, 1.807) is 13.8 Å². The molecule has 30 heavy (non-hydrogen) atoms. The zero-order valence-corrected chi connectivity index (χ0v) is 16.6. The number of nitrogens with zero attached hydrogens (tertiary/aromatic N) is 5. The molecule has 3 aromatic heterocycles. The van der Waals surface area contributed by atoms with Crippen LogP contribution >= 0.6 is 0 Å². The van der Waals surface area contributed by atoms with E-state index >= 15 is 0 Å². The van der Waals surface area contributed by atoms with Gasteiger partial charge in [-0.05, 0) is 38.1 Å². The molecule has 0 saturated carbocycles. The van der Waals surface area contributed by atoms with Crippen LogP contribution in [0.1, 0.15) is 22.8 Å². The van der Waals surface area contributed by atoms with Gasteiger partial charge in [0, 0.05) is 36.5 Å². The van der Waals surface area contributed by atoms with Crippen LogP contribution in [0.3, 0.4) is 0 Å². The van der Waals surface area contributed by atoms with Gasteiger partial charge in [-0.3, -0.25) is 9.20 Å². The second-order valence-corrected chi connectivity index (χ2v) is 6.98. The quantitative estimate of drug-likeness (QED) is 0.530. The van der Waals surface area contributed by atoms with Gasteiger partial charge >= 0.3 is 0 Å². The fraction of sp³-hybridized carbons (Fsp3) is 0.238. The van der Waals surface area contributed by atoms with Gasteiger partial charge in [0.2, 0.25) is 5.91 Å². The molecule has 0 aliphatic heterocycles.